The lowest BCUT2D eigenvalue weighted by molar-refractivity contribution is 0.144. The Morgan fingerprint density at radius 2 is 2.15 bits per heavy atom. The molecular formula is C7H5BrF3NO. The van der Waals surface area contributed by atoms with Crippen molar-refractivity contribution in [2.24, 2.45) is 0 Å². The highest BCUT2D eigenvalue weighted by Gasteiger charge is 2.15. The first kappa shape index (κ1) is 10.5. The van der Waals surface area contributed by atoms with Crippen LogP contribution in [0.15, 0.2) is 10.5 Å². The Hall–Kier alpha value is -0.620. The standard InChI is InChI=1S/C7H5BrF3NO/c8-3-1-4(7(10)11)12-5(2-13)6(3)9/h1,7,13H,2H2. The predicted octanol–water partition coefficient (Wildman–Crippen LogP) is 2.41. The molecule has 0 aliphatic rings. The van der Waals surface area contributed by atoms with Crippen LogP contribution < -0.4 is 0 Å². The molecule has 0 fully saturated rings. The van der Waals surface area contributed by atoms with Crippen molar-refractivity contribution in [3.63, 3.8) is 0 Å². The zero-order chi connectivity index (χ0) is 10.0. The van der Waals surface area contributed by atoms with Gasteiger partial charge in [0, 0.05) is 0 Å². The van der Waals surface area contributed by atoms with Gasteiger partial charge in [0.15, 0.2) is 5.82 Å². The number of nitrogens with zero attached hydrogens (tertiary/aromatic N) is 1. The van der Waals surface area contributed by atoms with Crippen molar-refractivity contribution >= 4 is 15.9 Å². The molecule has 1 N–H and O–H groups in total. The summed E-state index contributed by atoms with van der Waals surface area (Å²) in [7, 11) is 0. The lowest BCUT2D eigenvalue weighted by Crippen LogP contribution is -2.01. The molecule has 0 radical (unpaired) electrons. The second-order valence-electron chi connectivity index (χ2n) is 2.25. The molecule has 1 aromatic rings. The molecule has 0 aliphatic heterocycles. The fraction of sp³-hybridized carbons (Fsp3) is 0.286. The summed E-state index contributed by atoms with van der Waals surface area (Å²) < 4.78 is 37.0. The lowest BCUT2D eigenvalue weighted by Gasteiger charge is -2.04. The number of aliphatic hydroxyl groups excluding tert-OH is 1. The van der Waals surface area contributed by atoms with E-state index in [1.54, 1.807) is 0 Å². The number of aliphatic hydroxyl groups is 1. The van der Waals surface area contributed by atoms with Gasteiger partial charge in [0.1, 0.15) is 11.4 Å². The molecule has 0 aromatic carbocycles. The quantitative estimate of drug-likeness (QED) is 0.881. The van der Waals surface area contributed by atoms with E-state index in [9.17, 15) is 13.2 Å². The Balaban J connectivity index is 3.22. The third-order valence-corrected chi connectivity index (χ3v) is 1.95. The van der Waals surface area contributed by atoms with Gasteiger partial charge in [0.25, 0.3) is 6.43 Å². The van der Waals surface area contributed by atoms with Gasteiger partial charge in [-0.15, -0.1) is 0 Å². The summed E-state index contributed by atoms with van der Waals surface area (Å²) in [4.78, 5) is 3.25. The van der Waals surface area contributed by atoms with Crippen molar-refractivity contribution in [3.05, 3.63) is 27.7 Å². The normalized spacial score (nSPS) is 10.9. The maximum atomic E-state index is 12.9. The second kappa shape index (κ2) is 4.06. The summed E-state index contributed by atoms with van der Waals surface area (Å²) in [5, 5.41) is 8.58. The smallest absolute Gasteiger partial charge is 0.280 e. The number of hydrogen-bond donors (Lipinski definition) is 1. The van der Waals surface area contributed by atoms with Gasteiger partial charge in [-0.25, -0.2) is 18.2 Å². The molecule has 1 heterocycles. The zero-order valence-electron chi connectivity index (χ0n) is 6.27. The maximum absolute atomic E-state index is 12.9. The van der Waals surface area contributed by atoms with Crippen molar-refractivity contribution in [1.29, 1.82) is 0 Å². The molecule has 1 rings (SSSR count). The lowest BCUT2D eigenvalue weighted by atomic mass is 10.3. The monoisotopic (exact) mass is 255 g/mol. The van der Waals surface area contributed by atoms with Gasteiger partial charge in [-0.3, -0.25) is 0 Å². The van der Waals surface area contributed by atoms with Crippen LogP contribution in [0, 0.1) is 5.82 Å². The highest BCUT2D eigenvalue weighted by Crippen LogP contribution is 2.24. The summed E-state index contributed by atoms with van der Waals surface area (Å²) in [5.74, 6) is -0.813. The van der Waals surface area contributed by atoms with Crippen LogP contribution in [0.4, 0.5) is 13.2 Å². The van der Waals surface area contributed by atoms with Crippen LogP contribution in [-0.2, 0) is 6.61 Å². The average Bonchev–Trinajstić information content (AvgIpc) is 2.09. The maximum Gasteiger partial charge on any atom is 0.280 e. The molecular weight excluding hydrogens is 251 g/mol. The summed E-state index contributed by atoms with van der Waals surface area (Å²) in [5.41, 5.74) is -0.943. The van der Waals surface area contributed by atoms with E-state index in [1.807, 2.05) is 0 Å². The molecule has 0 amide bonds. The number of rotatable bonds is 2. The fourth-order valence-electron chi connectivity index (χ4n) is 0.785. The Morgan fingerprint density at radius 3 is 2.62 bits per heavy atom. The molecule has 13 heavy (non-hydrogen) atoms. The Morgan fingerprint density at radius 1 is 1.54 bits per heavy atom. The van der Waals surface area contributed by atoms with Crippen LogP contribution in [0.2, 0.25) is 0 Å². The van der Waals surface area contributed by atoms with E-state index in [1.165, 1.54) is 0 Å². The first-order valence-corrected chi connectivity index (χ1v) is 4.09. The molecule has 72 valence electrons. The Labute approximate surface area is 80.5 Å². The van der Waals surface area contributed by atoms with Gasteiger partial charge < -0.3 is 5.11 Å². The molecule has 0 saturated heterocycles. The van der Waals surface area contributed by atoms with Crippen LogP contribution in [-0.4, -0.2) is 10.1 Å². The van der Waals surface area contributed by atoms with E-state index >= 15 is 0 Å². The van der Waals surface area contributed by atoms with E-state index in [2.05, 4.69) is 20.9 Å². The van der Waals surface area contributed by atoms with Gasteiger partial charge in [-0.2, -0.15) is 0 Å². The largest absolute Gasteiger partial charge is 0.390 e. The number of alkyl halides is 2. The van der Waals surface area contributed by atoms with E-state index < -0.39 is 24.5 Å². The first-order valence-electron chi connectivity index (χ1n) is 3.30. The molecule has 1 aromatic heterocycles. The van der Waals surface area contributed by atoms with Crippen molar-refractivity contribution < 1.29 is 18.3 Å². The van der Waals surface area contributed by atoms with Gasteiger partial charge in [-0.1, -0.05) is 0 Å². The van der Waals surface area contributed by atoms with Crippen LogP contribution in [0.25, 0.3) is 0 Å². The number of hydrogen-bond acceptors (Lipinski definition) is 2. The van der Waals surface area contributed by atoms with Crippen LogP contribution >= 0.6 is 15.9 Å². The van der Waals surface area contributed by atoms with Crippen molar-refractivity contribution in [3.8, 4) is 0 Å². The van der Waals surface area contributed by atoms with Gasteiger partial charge in [-0.05, 0) is 22.0 Å². The molecule has 0 atom stereocenters. The molecule has 2 nitrogen and oxygen atoms in total. The van der Waals surface area contributed by atoms with E-state index in [-0.39, 0.29) is 10.2 Å². The van der Waals surface area contributed by atoms with Gasteiger partial charge in [0.05, 0.1) is 11.1 Å². The molecule has 0 aliphatic carbocycles. The predicted molar refractivity (Wildman–Crippen MR) is 42.8 cm³/mol. The van der Waals surface area contributed by atoms with Crippen LogP contribution in [0.1, 0.15) is 17.8 Å². The Kier molecular flexibility index (Phi) is 3.27. The molecule has 0 bridgehead atoms. The topological polar surface area (TPSA) is 33.1 Å². The summed E-state index contributed by atoms with van der Waals surface area (Å²) in [6.07, 6.45) is -2.78. The van der Waals surface area contributed by atoms with Crippen molar-refractivity contribution in [2.75, 3.05) is 0 Å². The summed E-state index contributed by atoms with van der Waals surface area (Å²) in [6.45, 7) is -0.703. The average molecular weight is 256 g/mol. The van der Waals surface area contributed by atoms with E-state index in [4.69, 9.17) is 5.11 Å². The number of halogens is 4. The van der Waals surface area contributed by atoms with Crippen LogP contribution in [0.5, 0.6) is 0 Å². The summed E-state index contributed by atoms with van der Waals surface area (Å²) >= 11 is 2.75. The SMILES string of the molecule is OCc1nc(C(F)F)cc(Br)c1F. The first-order chi connectivity index (χ1) is 6.06. The van der Waals surface area contributed by atoms with E-state index in [0.717, 1.165) is 6.07 Å². The van der Waals surface area contributed by atoms with Crippen molar-refractivity contribution in [1.82, 2.24) is 4.98 Å². The minimum absolute atomic E-state index is 0.123. The minimum atomic E-state index is -2.78. The van der Waals surface area contributed by atoms with E-state index in [0.29, 0.717) is 0 Å². The molecule has 0 unspecified atom stereocenters. The second-order valence-corrected chi connectivity index (χ2v) is 3.10. The van der Waals surface area contributed by atoms with Crippen LogP contribution in [0.3, 0.4) is 0 Å². The molecule has 0 saturated carbocycles. The van der Waals surface area contributed by atoms with Crippen molar-refractivity contribution in [2.45, 2.75) is 13.0 Å². The zero-order valence-corrected chi connectivity index (χ0v) is 7.85. The Bertz CT molecular complexity index is 319. The number of aromatic nitrogens is 1. The third kappa shape index (κ3) is 2.19. The minimum Gasteiger partial charge on any atom is -0.390 e. The highest BCUT2D eigenvalue weighted by molar-refractivity contribution is 9.10. The molecule has 6 heteroatoms. The third-order valence-electron chi connectivity index (χ3n) is 1.38. The summed E-state index contributed by atoms with van der Waals surface area (Å²) in [6, 6.07) is 0.888. The number of pyridine rings is 1. The van der Waals surface area contributed by atoms with Gasteiger partial charge in [0.2, 0.25) is 0 Å². The highest BCUT2D eigenvalue weighted by atomic mass is 79.9. The fourth-order valence-corrected chi connectivity index (χ4v) is 1.25. The molecule has 0 spiro atoms. The van der Waals surface area contributed by atoms with Gasteiger partial charge >= 0.3 is 0 Å².